The lowest BCUT2D eigenvalue weighted by Gasteiger charge is -2.07. The van der Waals surface area contributed by atoms with Crippen LogP contribution in [0.2, 0.25) is 10.0 Å². The normalized spacial score (nSPS) is 10.7. The monoisotopic (exact) mass is 286 g/mol. The molecule has 0 saturated heterocycles. The number of halogens is 2. The van der Waals surface area contributed by atoms with Crippen LogP contribution >= 0.6 is 34.5 Å². The number of hydrogen-bond acceptors (Lipinski definition) is 3. The smallest absolute Gasteiger partial charge is 0.0693 e. The molecule has 0 aliphatic heterocycles. The van der Waals surface area contributed by atoms with Gasteiger partial charge >= 0.3 is 0 Å². The SMILES string of the molecule is Nc1c(Cl)cc(CNCc2cccs2)cc1Cl. The van der Waals surface area contributed by atoms with Gasteiger partial charge in [-0.3, -0.25) is 0 Å². The highest BCUT2D eigenvalue weighted by atomic mass is 35.5. The van der Waals surface area contributed by atoms with Gasteiger partial charge in [0.1, 0.15) is 0 Å². The number of thiophene rings is 1. The molecule has 0 aliphatic carbocycles. The van der Waals surface area contributed by atoms with E-state index >= 15 is 0 Å². The van der Waals surface area contributed by atoms with Crippen molar-refractivity contribution in [2.24, 2.45) is 0 Å². The molecule has 3 N–H and O–H groups in total. The number of rotatable bonds is 4. The summed E-state index contributed by atoms with van der Waals surface area (Å²) in [4.78, 5) is 1.30. The minimum absolute atomic E-state index is 0.440. The van der Waals surface area contributed by atoms with Gasteiger partial charge in [-0.05, 0) is 29.1 Å². The second-order valence-corrected chi connectivity index (χ2v) is 5.50. The van der Waals surface area contributed by atoms with Gasteiger partial charge in [0.15, 0.2) is 0 Å². The van der Waals surface area contributed by atoms with E-state index in [0.29, 0.717) is 15.7 Å². The Kier molecular flexibility index (Phi) is 4.29. The molecule has 0 atom stereocenters. The molecule has 0 spiro atoms. The molecule has 0 fully saturated rings. The number of nitrogens with one attached hydrogen (secondary N) is 1. The standard InChI is InChI=1S/C12H12Cl2N2S/c13-10-4-8(5-11(14)12(10)15)6-16-7-9-2-1-3-17-9/h1-5,16H,6-7,15H2. The van der Waals surface area contributed by atoms with Crippen molar-refractivity contribution in [3.8, 4) is 0 Å². The zero-order valence-corrected chi connectivity index (χ0v) is 11.4. The molecule has 0 radical (unpaired) electrons. The third-order valence-corrected chi connectivity index (χ3v) is 3.85. The fourth-order valence-electron chi connectivity index (χ4n) is 1.48. The Labute approximate surface area is 114 Å². The van der Waals surface area contributed by atoms with Crippen LogP contribution in [0.4, 0.5) is 5.69 Å². The van der Waals surface area contributed by atoms with E-state index in [4.69, 9.17) is 28.9 Å². The fraction of sp³-hybridized carbons (Fsp3) is 0.167. The van der Waals surface area contributed by atoms with E-state index < -0.39 is 0 Å². The Bertz CT molecular complexity index is 474. The van der Waals surface area contributed by atoms with Crippen LogP contribution in [0.1, 0.15) is 10.4 Å². The summed E-state index contributed by atoms with van der Waals surface area (Å²) in [6.07, 6.45) is 0. The number of nitrogens with two attached hydrogens (primary N) is 1. The van der Waals surface area contributed by atoms with E-state index in [1.165, 1.54) is 4.88 Å². The maximum absolute atomic E-state index is 5.96. The summed E-state index contributed by atoms with van der Waals surface area (Å²) in [7, 11) is 0. The maximum Gasteiger partial charge on any atom is 0.0693 e. The Hall–Kier alpha value is -0.740. The van der Waals surface area contributed by atoms with E-state index in [0.717, 1.165) is 18.7 Å². The predicted octanol–water partition coefficient (Wildman–Crippen LogP) is 3.93. The summed E-state index contributed by atoms with van der Waals surface area (Å²) in [5.74, 6) is 0. The van der Waals surface area contributed by atoms with Crippen LogP contribution in [0.5, 0.6) is 0 Å². The van der Waals surface area contributed by atoms with Crippen LogP contribution in [0, 0.1) is 0 Å². The molecule has 0 amide bonds. The first-order valence-corrected chi connectivity index (χ1v) is 6.77. The molecule has 1 heterocycles. The van der Waals surface area contributed by atoms with Gasteiger partial charge in [-0.1, -0.05) is 29.3 Å². The summed E-state index contributed by atoms with van der Waals surface area (Å²) in [5, 5.41) is 6.40. The van der Waals surface area contributed by atoms with Crippen molar-refractivity contribution in [1.29, 1.82) is 0 Å². The van der Waals surface area contributed by atoms with E-state index in [1.807, 2.05) is 18.2 Å². The van der Waals surface area contributed by atoms with Gasteiger partial charge in [0.25, 0.3) is 0 Å². The molecule has 2 aromatic rings. The van der Waals surface area contributed by atoms with Crippen LogP contribution < -0.4 is 11.1 Å². The third kappa shape index (κ3) is 3.36. The van der Waals surface area contributed by atoms with Gasteiger partial charge < -0.3 is 11.1 Å². The van der Waals surface area contributed by atoms with Crippen molar-refractivity contribution in [2.45, 2.75) is 13.1 Å². The second-order valence-electron chi connectivity index (χ2n) is 3.66. The quantitative estimate of drug-likeness (QED) is 0.836. The molecule has 1 aromatic carbocycles. The molecule has 17 heavy (non-hydrogen) atoms. The summed E-state index contributed by atoms with van der Waals surface area (Å²) in [5.41, 5.74) is 7.15. The average Bonchev–Trinajstić information content (AvgIpc) is 2.79. The van der Waals surface area contributed by atoms with Gasteiger partial charge in [0.2, 0.25) is 0 Å². The van der Waals surface area contributed by atoms with Crippen molar-refractivity contribution in [2.75, 3.05) is 5.73 Å². The van der Waals surface area contributed by atoms with E-state index in [9.17, 15) is 0 Å². The van der Waals surface area contributed by atoms with Crippen LogP contribution in [-0.2, 0) is 13.1 Å². The largest absolute Gasteiger partial charge is 0.396 e. The van der Waals surface area contributed by atoms with Crippen molar-refractivity contribution in [3.05, 3.63) is 50.1 Å². The van der Waals surface area contributed by atoms with Gasteiger partial charge in [-0.25, -0.2) is 0 Å². The third-order valence-electron chi connectivity index (χ3n) is 2.35. The zero-order valence-electron chi connectivity index (χ0n) is 9.04. The van der Waals surface area contributed by atoms with E-state index in [1.54, 1.807) is 11.3 Å². The van der Waals surface area contributed by atoms with Gasteiger partial charge in [0, 0.05) is 18.0 Å². The lowest BCUT2D eigenvalue weighted by atomic mass is 10.2. The average molecular weight is 287 g/mol. The summed E-state index contributed by atoms with van der Waals surface area (Å²) in [6.45, 7) is 1.56. The van der Waals surface area contributed by atoms with Gasteiger partial charge in [-0.2, -0.15) is 0 Å². The van der Waals surface area contributed by atoms with Gasteiger partial charge in [0.05, 0.1) is 15.7 Å². The molecular formula is C12H12Cl2N2S. The molecule has 0 unspecified atom stereocenters. The van der Waals surface area contributed by atoms with Crippen LogP contribution in [0.3, 0.4) is 0 Å². The van der Waals surface area contributed by atoms with Crippen LogP contribution in [0.25, 0.3) is 0 Å². The summed E-state index contributed by atoms with van der Waals surface area (Å²) in [6, 6.07) is 7.81. The summed E-state index contributed by atoms with van der Waals surface area (Å²) < 4.78 is 0. The highest BCUT2D eigenvalue weighted by molar-refractivity contribution is 7.09. The lowest BCUT2D eigenvalue weighted by Crippen LogP contribution is -2.11. The Morgan fingerprint density at radius 1 is 1.18 bits per heavy atom. The molecule has 5 heteroatoms. The minimum Gasteiger partial charge on any atom is -0.396 e. The highest BCUT2D eigenvalue weighted by Crippen LogP contribution is 2.28. The van der Waals surface area contributed by atoms with Crippen molar-refractivity contribution < 1.29 is 0 Å². The van der Waals surface area contributed by atoms with E-state index in [2.05, 4.69) is 16.8 Å². The number of anilines is 1. The highest BCUT2D eigenvalue weighted by Gasteiger charge is 2.04. The molecule has 2 rings (SSSR count). The van der Waals surface area contributed by atoms with Crippen LogP contribution in [-0.4, -0.2) is 0 Å². The van der Waals surface area contributed by atoms with Gasteiger partial charge in [-0.15, -0.1) is 11.3 Å². The first-order chi connectivity index (χ1) is 8.16. The molecule has 0 saturated carbocycles. The number of nitrogen functional groups attached to an aromatic ring is 1. The maximum atomic E-state index is 5.96. The molecule has 1 aromatic heterocycles. The molecule has 0 aliphatic rings. The van der Waals surface area contributed by atoms with Crippen molar-refractivity contribution in [3.63, 3.8) is 0 Å². The number of hydrogen-bond donors (Lipinski definition) is 2. The Morgan fingerprint density at radius 2 is 1.88 bits per heavy atom. The molecule has 90 valence electrons. The minimum atomic E-state index is 0.440. The molecule has 2 nitrogen and oxygen atoms in total. The Balaban J connectivity index is 1.95. The number of benzene rings is 1. The van der Waals surface area contributed by atoms with E-state index in [-0.39, 0.29) is 0 Å². The first kappa shape index (κ1) is 12.7. The van der Waals surface area contributed by atoms with Crippen LogP contribution in [0.15, 0.2) is 29.6 Å². The Morgan fingerprint density at radius 3 is 2.47 bits per heavy atom. The van der Waals surface area contributed by atoms with Crippen molar-refractivity contribution >= 4 is 40.2 Å². The topological polar surface area (TPSA) is 38.0 Å². The first-order valence-electron chi connectivity index (χ1n) is 5.13. The zero-order chi connectivity index (χ0) is 12.3. The summed E-state index contributed by atoms with van der Waals surface area (Å²) >= 11 is 13.7. The molecular weight excluding hydrogens is 275 g/mol. The second kappa shape index (κ2) is 5.74. The van der Waals surface area contributed by atoms with Crippen molar-refractivity contribution in [1.82, 2.24) is 5.32 Å². The lowest BCUT2D eigenvalue weighted by molar-refractivity contribution is 0.701. The fourth-order valence-corrected chi connectivity index (χ4v) is 2.69. The predicted molar refractivity (Wildman–Crippen MR) is 75.7 cm³/mol. The molecule has 0 bridgehead atoms.